The summed E-state index contributed by atoms with van der Waals surface area (Å²) in [6.07, 6.45) is 3.80. The normalized spacial score (nSPS) is 14.7. The molecule has 1 aliphatic rings. The number of ether oxygens (including phenoxy) is 1. The molecular weight excluding hydrogens is 385 g/mol. The smallest absolute Gasteiger partial charge is 0.256 e. The van der Waals surface area contributed by atoms with Crippen LogP contribution in [0.2, 0.25) is 0 Å². The highest BCUT2D eigenvalue weighted by Gasteiger charge is 2.27. The van der Waals surface area contributed by atoms with Gasteiger partial charge in [-0.3, -0.25) is 9.89 Å². The van der Waals surface area contributed by atoms with Crippen LogP contribution in [0.5, 0.6) is 11.5 Å². The molecule has 3 aromatic rings. The second-order valence-corrected chi connectivity index (χ2v) is 7.36. The Labute approximate surface area is 174 Å². The van der Waals surface area contributed by atoms with Crippen LogP contribution in [0.25, 0.3) is 0 Å². The SMILES string of the molecule is NCCc1ccc(Oc2ccc(F)c(C(=O)N3CCC(c4ncn[nH]4)CC3)c2)cc1. The van der Waals surface area contributed by atoms with Crippen molar-refractivity contribution in [2.24, 2.45) is 5.73 Å². The number of amides is 1. The van der Waals surface area contributed by atoms with Crippen molar-refractivity contribution < 1.29 is 13.9 Å². The Kier molecular flexibility index (Phi) is 6.04. The maximum absolute atomic E-state index is 14.4. The largest absolute Gasteiger partial charge is 0.457 e. The number of H-pyrrole nitrogens is 1. The number of aromatic nitrogens is 3. The van der Waals surface area contributed by atoms with Crippen molar-refractivity contribution in [3.63, 3.8) is 0 Å². The number of likely N-dealkylation sites (tertiary alicyclic amines) is 1. The number of aromatic amines is 1. The first-order chi connectivity index (χ1) is 14.6. The van der Waals surface area contributed by atoms with E-state index < -0.39 is 5.82 Å². The van der Waals surface area contributed by atoms with Gasteiger partial charge in [0.1, 0.15) is 29.5 Å². The number of carbonyl (C=O) groups is 1. The van der Waals surface area contributed by atoms with Gasteiger partial charge in [-0.25, -0.2) is 9.37 Å². The lowest BCUT2D eigenvalue weighted by molar-refractivity contribution is 0.0706. The van der Waals surface area contributed by atoms with Crippen LogP contribution in [0, 0.1) is 5.82 Å². The Hall–Kier alpha value is -3.26. The van der Waals surface area contributed by atoms with Gasteiger partial charge < -0.3 is 15.4 Å². The van der Waals surface area contributed by atoms with E-state index in [1.54, 1.807) is 4.90 Å². The quantitative estimate of drug-likeness (QED) is 0.651. The third-order valence-electron chi connectivity index (χ3n) is 5.36. The molecule has 0 spiro atoms. The summed E-state index contributed by atoms with van der Waals surface area (Å²) in [7, 11) is 0. The van der Waals surface area contributed by atoms with Gasteiger partial charge in [0.05, 0.1) is 5.56 Å². The molecule has 1 aromatic heterocycles. The number of halogens is 1. The first kappa shape index (κ1) is 20.0. The predicted molar refractivity (Wildman–Crippen MR) is 110 cm³/mol. The minimum atomic E-state index is -0.553. The molecule has 1 aliphatic heterocycles. The summed E-state index contributed by atoms with van der Waals surface area (Å²) < 4.78 is 20.2. The fraction of sp³-hybridized carbons (Fsp3) is 0.318. The summed E-state index contributed by atoms with van der Waals surface area (Å²) in [5.74, 6) is 1.23. The highest BCUT2D eigenvalue weighted by atomic mass is 19.1. The molecule has 0 radical (unpaired) electrons. The molecule has 4 rings (SSSR count). The van der Waals surface area contributed by atoms with Crippen molar-refractivity contribution in [2.45, 2.75) is 25.2 Å². The van der Waals surface area contributed by atoms with E-state index in [-0.39, 0.29) is 17.4 Å². The van der Waals surface area contributed by atoms with E-state index in [9.17, 15) is 9.18 Å². The molecule has 0 atom stereocenters. The second kappa shape index (κ2) is 9.04. The van der Waals surface area contributed by atoms with Crippen molar-refractivity contribution in [1.82, 2.24) is 20.1 Å². The van der Waals surface area contributed by atoms with Gasteiger partial charge in [-0.1, -0.05) is 12.1 Å². The monoisotopic (exact) mass is 409 g/mol. The molecule has 1 fully saturated rings. The zero-order valence-corrected chi connectivity index (χ0v) is 16.6. The van der Waals surface area contributed by atoms with E-state index in [0.717, 1.165) is 30.7 Å². The van der Waals surface area contributed by atoms with Gasteiger partial charge in [-0.2, -0.15) is 5.10 Å². The van der Waals surface area contributed by atoms with Crippen molar-refractivity contribution in [1.29, 1.82) is 0 Å². The van der Waals surface area contributed by atoms with E-state index in [4.69, 9.17) is 10.5 Å². The van der Waals surface area contributed by atoms with Crippen LogP contribution < -0.4 is 10.5 Å². The molecular formula is C22H24FN5O2. The molecule has 2 aromatic carbocycles. The molecule has 0 unspecified atom stereocenters. The topological polar surface area (TPSA) is 97.1 Å². The molecule has 0 aliphatic carbocycles. The molecule has 8 heteroatoms. The van der Waals surface area contributed by atoms with Crippen molar-refractivity contribution in [3.8, 4) is 11.5 Å². The van der Waals surface area contributed by atoms with E-state index in [0.29, 0.717) is 31.1 Å². The lowest BCUT2D eigenvalue weighted by Gasteiger charge is -2.31. The van der Waals surface area contributed by atoms with Crippen LogP contribution >= 0.6 is 0 Å². The minimum Gasteiger partial charge on any atom is -0.457 e. The van der Waals surface area contributed by atoms with Gasteiger partial charge in [-0.15, -0.1) is 0 Å². The summed E-state index contributed by atoms with van der Waals surface area (Å²) in [6.45, 7) is 1.66. The number of carbonyl (C=O) groups excluding carboxylic acids is 1. The number of rotatable bonds is 6. The van der Waals surface area contributed by atoms with Crippen LogP contribution in [-0.2, 0) is 6.42 Å². The molecule has 30 heavy (non-hydrogen) atoms. The number of nitrogens with zero attached hydrogens (tertiary/aromatic N) is 3. The Morgan fingerprint density at radius 3 is 2.57 bits per heavy atom. The first-order valence-corrected chi connectivity index (χ1v) is 10.0. The molecule has 3 N–H and O–H groups in total. The molecule has 0 saturated carbocycles. The average molecular weight is 409 g/mol. The minimum absolute atomic E-state index is 0.0189. The third-order valence-corrected chi connectivity index (χ3v) is 5.36. The first-order valence-electron chi connectivity index (χ1n) is 10.0. The molecule has 2 heterocycles. The summed E-state index contributed by atoms with van der Waals surface area (Å²) >= 11 is 0. The van der Waals surface area contributed by atoms with Gasteiger partial charge in [-0.05, 0) is 61.7 Å². The summed E-state index contributed by atoms with van der Waals surface area (Å²) in [5.41, 5.74) is 6.70. The van der Waals surface area contributed by atoms with Crippen molar-refractivity contribution >= 4 is 5.91 Å². The van der Waals surface area contributed by atoms with Crippen LogP contribution in [-0.4, -0.2) is 45.6 Å². The molecule has 7 nitrogen and oxygen atoms in total. The number of nitrogens with one attached hydrogen (secondary N) is 1. The van der Waals surface area contributed by atoms with Gasteiger partial charge in [0.25, 0.3) is 5.91 Å². The highest BCUT2D eigenvalue weighted by molar-refractivity contribution is 5.95. The standard InChI is InChI=1S/C22H24FN5O2/c23-20-6-5-18(30-17-3-1-15(2-4-17)7-10-24)13-19(20)22(29)28-11-8-16(9-12-28)21-25-14-26-27-21/h1-6,13-14,16H,7-12,24H2,(H,25,26,27). The molecule has 1 amide bonds. The average Bonchev–Trinajstić information content (AvgIpc) is 3.31. The molecule has 0 bridgehead atoms. The van der Waals surface area contributed by atoms with Crippen molar-refractivity contribution in [3.05, 3.63) is 71.6 Å². The maximum atomic E-state index is 14.4. The summed E-state index contributed by atoms with van der Waals surface area (Å²) in [4.78, 5) is 18.8. The number of hydrogen-bond donors (Lipinski definition) is 2. The van der Waals surface area contributed by atoms with E-state index in [1.165, 1.54) is 24.5 Å². The Morgan fingerprint density at radius 2 is 1.90 bits per heavy atom. The van der Waals surface area contributed by atoms with Crippen LogP contribution in [0.1, 0.15) is 40.5 Å². The zero-order valence-electron chi connectivity index (χ0n) is 16.6. The highest BCUT2D eigenvalue weighted by Crippen LogP contribution is 2.28. The number of hydrogen-bond acceptors (Lipinski definition) is 5. The molecule has 156 valence electrons. The summed E-state index contributed by atoms with van der Waals surface area (Å²) in [6, 6.07) is 11.8. The van der Waals surface area contributed by atoms with Crippen LogP contribution in [0.15, 0.2) is 48.8 Å². The van der Waals surface area contributed by atoms with Gasteiger partial charge in [0.2, 0.25) is 0 Å². The fourth-order valence-electron chi connectivity index (χ4n) is 3.70. The van der Waals surface area contributed by atoms with Gasteiger partial charge >= 0.3 is 0 Å². The van der Waals surface area contributed by atoms with E-state index in [2.05, 4.69) is 15.2 Å². The van der Waals surface area contributed by atoms with E-state index >= 15 is 0 Å². The zero-order chi connectivity index (χ0) is 20.9. The summed E-state index contributed by atoms with van der Waals surface area (Å²) in [5, 5.41) is 6.77. The lowest BCUT2D eigenvalue weighted by atomic mass is 9.95. The third kappa shape index (κ3) is 4.49. The van der Waals surface area contributed by atoms with E-state index in [1.807, 2.05) is 24.3 Å². The van der Waals surface area contributed by atoms with Crippen LogP contribution in [0.4, 0.5) is 4.39 Å². The second-order valence-electron chi connectivity index (χ2n) is 7.36. The Bertz CT molecular complexity index is 983. The van der Waals surface area contributed by atoms with Gasteiger partial charge in [0, 0.05) is 19.0 Å². The number of piperidine rings is 1. The van der Waals surface area contributed by atoms with Crippen LogP contribution in [0.3, 0.4) is 0 Å². The van der Waals surface area contributed by atoms with Crippen molar-refractivity contribution in [2.75, 3.05) is 19.6 Å². The Balaban J connectivity index is 1.43. The maximum Gasteiger partial charge on any atom is 0.256 e. The lowest BCUT2D eigenvalue weighted by Crippen LogP contribution is -2.38. The fourth-order valence-corrected chi connectivity index (χ4v) is 3.70. The predicted octanol–water partition coefficient (Wildman–Crippen LogP) is 3.26. The number of benzene rings is 2. The Morgan fingerprint density at radius 1 is 1.17 bits per heavy atom. The molecule has 1 saturated heterocycles. The van der Waals surface area contributed by atoms with Gasteiger partial charge in [0.15, 0.2) is 0 Å². The number of nitrogens with two attached hydrogens (primary N) is 1.